The maximum Gasteiger partial charge on any atom is 0.453 e. The van der Waals surface area contributed by atoms with Crippen LogP contribution in [0.3, 0.4) is 0 Å². The summed E-state index contributed by atoms with van der Waals surface area (Å²) >= 11 is 0. The Labute approximate surface area is 163 Å². The SMILES string of the molecule is Fc1ccccc1C(Cc1ccccc1)Nc1ccc2nnc(C(F)(F)F)n2n1. The molecule has 1 unspecified atom stereocenters. The van der Waals surface area contributed by atoms with Crippen LogP contribution in [0.4, 0.5) is 23.4 Å². The molecule has 1 atom stereocenters. The Bertz CT molecular complexity index is 1120. The highest BCUT2D eigenvalue weighted by Crippen LogP contribution is 2.29. The van der Waals surface area contributed by atoms with Crippen molar-refractivity contribution in [3.63, 3.8) is 0 Å². The van der Waals surface area contributed by atoms with Crippen LogP contribution in [-0.2, 0) is 12.6 Å². The van der Waals surface area contributed by atoms with Gasteiger partial charge in [0.2, 0.25) is 0 Å². The van der Waals surface area contributed by atoms with E-state index in [1.54, 1.807) is 18.2 Å². The Hall–Kier alpha value is -3.49. The highest BCUT2D eigenvalue weighted by atomic mass is 19.4. The largest absolute Gasteiger partial charge is 0.453 e. The van der Waals surface area contributed by atoms with Gasteiger partial charge in [-0.25, -0.2) is 4.39 Å². The summed E-state index contributed by atoms with van der Waals surface area (Å²) in [5, 5.41) is 13.7. The highest BCUT2D eigenvalue weighted by Gasteiger charge is 2.37. The first-order valence-electron chi connectivity index (χ1n) is 8.76. The van der Waals surface area contributed by atoms with Crippen LogP contribution in [0.25, 0.3) is 5.65 Å². The van der Waals surface area contributed by atoms with Crippen molar-refractivity contribution in [2.24, 2.45) is 0 Å². The number of benzene rings is 2. The summed E-state index contributed by atoms with van der Waals surface area (Å²) in [7, 11) is 0. The van der Waals surface area contributed by atoms with Gasteiger partial charge in [0.1, 0.15) is 11.6 Å². The summed E-state index contributed by atoms with van der Waals surface area (Å²) in [5.41, 5.74) is 1.29. The van der Waals surface area contributed by atoms with Crippen LogP contribution >= 0.6 is 0 Å². The van der Waals surface area contributed by atoms with Crippen LogP contribution in [0.1, 0.15) is 23.0 Å². The minimum Gasteiger partial charge on any atom is -0.361 e. The van der Waals surface area contributed by atoms with E-state index in [2.05, 4.69) is 20.6 Å². The molecule has 0 amide bonds. The van der Waals surface area contributed by atoms with Crippen molar-refractivity contribution >= 4 is 11.5 Å². The number of anilines is 1. The van der Waals surface area contributed by atoms with Gasteiger partial charge in [-0.15, -0.1) is 15.3 Å². The van der Waals surface area contributed by atoms with Crippen molar-refractivity contribution in [2.45, 2.75) is 18.6 Å². The number of rotatable bonds is 5. The monoisotopic (exact) mass is 401 g/mol. The second-order valence-electron chi connectivity index (χ2n) is 6.42. The first kappa shape index (κ1) is 18.9. The molecule has 1 N–H and O–H groups in total. The van der Waals surface area contributed by atoms with Crippen LogP contribution < -0.4 is 5.32 Å². The number of fused-ring (bicyclic) bond motifs is 1. The van der Waals surface area contributed by atoms with Crippen molar-refractivity contribution in [1.82, 2.24) is 19.8 Å². The zero-order valence-corrected chi connectivity index (χ0v) is 14.9. The fraction of sp³-hybridized carbons (Fsp3) is 0.150. The fourth-order valence-electron chi connectivity index (χ4n) is 3.07. The lowest BCUT2D eigenvalue weighted by atomic mass is 9.98. The van der Waals surface area contributed by atoms with Gasteiger partial charge in [0.25, 0.3) is 5.82 Å². The van der Waals surface area contributed by atoms with Crippen LogP contribution in [-0.4, -0.2) is 19.8 Å². The summed E-state index contributed by atoms with van der Waals surface area (Å²) < 4.78 is 54.4. The minimum atomic E-state index is -4.69. The average molecular weight is 401 g/mol. The van der Waals surface area contributed by atoms with E-state index < -0.39 is 23.9 Å². The van der Waals surface area contributed by atoms with Crippen LogP contribution in [0.5, 0.6) is 0 Å². The number of alkyl halides is 3. The van der Waals surface area contributed by atoms with E-state index in [1.807, 2.05) is 30.3 Å². The van der Waals surface area contributed by atoms with Gasteiger partial charge in [0.15, 0.2) is 5.65 Å². The maximum atomic E-state index is 14.4. The number of hydrogen-bond donors (Lipinski definition) is 1. The molecule has 0 radical (unpaired) electrons. The predicted molar refractivity (Wildman–Crippen MR) is 98.7 cm³/mol. The smallest absolute Gasteiger partial charge is 0.361 e. The molecule has 0 aliphatic rings. The molecule has 4 rings (SSSR count). The van der Waals surface area contributed by atoms with E-state index in [0.717, 1.165) is 5.56 Å². The van der Waals surface area contributed by atoms with Gasteiger partial charge in [-0.05, 0) is 30.2 Å². The van der Waals surface area contributed by atoms with E-state index in [0.29, 0.717) is 16.5 Å². The molecule has 4 aromatic rings. The van der Waals surface area contributed by atoms with Gasteiger partial charge >= 0.3 is 6.18 Å². The lowest BCUT2D eigenvalue weighted by Gasteiger charge is -2.20. The zero-order chi connectivity index (χ0) is 20.4. The fourth-order valence-corrected chi connectivity index (χ4v) is 3.07. The van der Waals surface area contributed by atoms with E-state index >= 15 is 0 Å². The van der Waals surface area contributed by atoms with Crippen molar-refractivity contribution in [3.8, 4) is 0 Å². The van der Waals surface area contributed by atoms with Crippen molar-refractivity contribution in [3.05, 3.63) is 89.5 Å². The van der Waals surface area contributed by atoms with Gasteiger partial charge in [0, 0.05) is 5.56 Å². The number of hydrogen-bond acceptors (Lipinski definition) is 4. The highest BCUT2D eigenvalue weighted by molar-refractivity contribution is 5.46. The third-order valence-electron chi connectivity index (χ3n) is 4.40. The molecular weight excluding hydrogens is 386 g/mol. The zero-order valence-electron chi connectivity index (χ0n) is 14.9. The van der Waals surface area contributed by atoms with Gasteiger partial charge in [0.05, 0.1) is 6.04 Å². The van der Waals surface area contributed by atoms with Gasteiger partial charge in [-0.3, -0.25) is 0 Å². The van der Waals surface area contributed by atoms with Crippen LogP contribution in [0.2, 0.25) is 0 Å². The second-order valence-corrected chi connectivity index (χ2v) is 6.42. The molecule has 148 valence electrons. The lowest BCUT2D eigenvalue weighted by Crippen LogP contribution is -2.18. The Kier molecular flexibility index (Phi) is 4.87. The molecule has 5 nitrogen and oxygen atoms in total. The molecule has 0 aliphatic carbocycles. The number of nitrogens with one attached hydrogen (secondary N) is 1. The summed E-state index contributed by atoms with van der Waals surface area (Å²) in [4.78, 5) is 0. The number of halogens is 4. The number of aromatic nitrogens is 4. The third-order valence-corrected chi connectivity index (χ3v) is 4.40. The molecule has 0 aliphatic heterocycles. The van der Waals surface area contributed by atoms with Gasteiger partial charge in [-0.1, -0.05) is 48.5 Å². The molecule has 9 heteroatoms. The maximum absolute atomic E-state index is 14.4. The van der Waals surface area contributed by atoms with Crippen molar-refractivity contribution in [2.75, 3.05) is 5.32 Å². The van der Waals surface area contributed by atoms with E-state index in [9.17, 15) is 17.6 Å². The first-order chi connectivity index (χ1) is 13.9. The Morgan fingerprint density at radius 1 is 0.897 bits per heavy atom. The average Bonchev–Trinajstić information content (AvgIpc) is 3.12. The molecule has 0 saturated carbocycles. The molecule has 29 heavy (non-hydrogen) atoms. The van der Waals surface area contributed by atoms with E-state index in [1.165, 1.54) is 18.2 Å². The van der Waals surface area contributed by atoms with Gasteiger partial charge in [-0.2, -0.15) is 17.7 Å². The summed E-state index contributed by atoms with van der Waals surface area (Å²) in [6, 6.07) is 18.0. The van der Waals surface area contributed by atoms with Crippen molar-refractivity contribution < 1.29 is 17.6 Å². The normalized spacial score (nSPS) is 12.8. The topological polar surface area (TPSA) is 55.1 Å². The second kappa shape index (κ2) is 7.50. The Balaban J connectivity index is 1.71. The summed E-state index contributed by atoms with van der Waals surface area (Å²) in [5.74, 6) is -1.49. The molecule has 2 aromatic heterocycles. The summed E-state index contributed by atoms with van der Waals surface area (Å²) in [6.45, 7) is 0. The minimum absolute atomic E-state index is 0.0339. The quantitative estimate of drug-likeness (QED) is 0.494. The molecule has 2 heterocycles. The predicted octanol–water partition coefficient (Wildman–Crippen LogP) is 4.68. The molecule has 0 spiro atoms. The molecule has 0 bridgehead atoms. The Morgan fingerprint density at radius 2 is 1.62 bits per heavy atom. The van der Waals surface area contributed by atoms with Crippen LogP contribution in [0.15, 0.2) is 66.7 Å². The standard InChI is InChI=1S/C20H15F4N5/c21-15-9-5-4-8-14(15)16(12-13-6-2-1-3-7-13)25-17-10-11-18-26-27-19(20(22,23)24)29(18)28-17/h1-11,16H,12H2,(H,25,28). The summed E-state index contributed by atoms with van der Waals surface area (Å²) in [6.07, 6.45) is -4.28. The van der Waals surface area contributed by atoms with Gasteiger partial charge < -0.3 is 5.32 Å². The third kappa shape index (κ3) is 4.03. The lowest BCUT2D eigenvalue weighted by molar-refractivity contribution is -0.146. The Morgan fingerprint density at radius 3 is 2.34 bits per heavy atom. The molecule has 2 aromatic carbocycles. The molecular formula is C20H15F4N5. The van der Waals surface area contributed by atoms with Crippen molar-refractivity contribution in [1.29, 1.82) is 0 Å². The molecule has 0 fully saturated rings. The van der Waals surface area contributed by atoms with Crippen LogP contribution in [0, 0.1) is 5.82 Å². The van der Waals surface area contributed by atoms with E-state index in [-0.39, 0.29) is 11.5 Å². The number of nitrogens with zero attached hydrogens (tertiary/aromatic N) is 4. The van der Waals surface area contributed by atoms with E-state index in [4.69, 9.17) is 0 Å². The molecule has 0 saturated heterocycles. The first-order valence-corrected chi connectivity index (χ1v) is 8.76.